The Hall–Kier alpha value is -3.04. The fourth-order valence-electron chi connectivity index (χ4n) is 2.08. The van der Waals surface area contributed by atoms with Crippen molar-refractivity contribution in [1.29, 1.82) is 0 Å². The maximum atomic E-state index is 12.1. The molecule has 7 nitrogen and oxygen atoms in total. The first-order valence-electron chi connectivity index (χ1n) is 7.60. The molecule has 2 aromatic rings. The lowest BCUT2D eigenvalue weighted by atomic mass is 10.3. The number of urea groups is 1. The molecule has 0 unspecified atom stereocenters. The van der Waals surface area contributed by atoms with E-state index in [1.807, 2.05) is 0 Å². The van der Waals surface area contributed by atoms with Crippen LogP contribution >= 0.6 is 0 Å². The highest BCUT2D eigenvalue weighted by Crippen LogP contribution is 2.24. The van der Waals surface area contributed by atoms with Gasteiger partial charge in [-0.05, 0) is 45.0 Å². The Morgan fingerprint density at radius 3 is 2.15 bits per heavy atom. The molecule has 140 valence electrons. The van der Waals surface area contributed by atoms with Crippen molar-refractivity contribution < 1.29 is 27.4 Å². The predicted octanol–water partition coefficient (Wildman–Crippen LogP) is 4.03. The van der Waals surface area contributed by atoms with E-state index in [4.69, 9.17) is 4.74 Å². The maximum absolute atomic E-state index is 12.1. The summed E-state index contributed by atoms with van der Waals surface area (Å²) in [5.41, 5.74) is 1.75. The molecule has 1 heterocycles. The first kappa shape index (κ1) is 19.3. The number of aromatic nitrogens is 2. The zero-order chi connectivity index (χ0) is 19.3. The van der Waals surface area contributed by atoms with Gasteiger partial charge in [0, 0.05) is 5.69 Å². The van der Waals surface area contributed by atoms with Gasteiger partial charge in [0.15, 0.2) is 0 Å². The molecule has 0 radical (unpaired) electrons. The molecule has 2 N–H and O–H groups in total. The first-order valence-corrected chi connectivity index (χ1v) is 7.60. The summed E-state index contributed by atoms with van der Waals surface area (Å²) >= 11 is 0. The van der Waals surface area contributed by atoms with E-state index in [0.717, 1.165) is 12.1 Å². The number of carbonyl (C=O) groups excluding carboxylic acids is 1. The second-order valence-electron chi connectivity index (χ2n) is 5.14. The molecular weight excluding hydrogens is 353 g/mol. The minimum atomic E-state index is -4.77. The Kier molecular flexibility index (Phi) is 5.86. The summed E-state index contributed by atoms with van der Waals surface area (Å²) in [7, 11) is 0. The van der Waals surface area contributed by atoms with Crippen LogP contribution in [0.25, 0.3) is 0 Å². The number of nitrogens with one attached hydrogen (secondary N) is 2. The van der Waals surface area contributed by atoms with E-state index in [9.17, 15) is 18.0 Å². The summed E-state index contributed by atoms with van der Waals surface area (Å²) in [6, 6.07) is 4.39. The largest absolute Gasteiger partial charge is 0.573 e. The number of nitrogens with zero attached hydrogens (tertiary/aromatic N) is 2. The van der Waals surface area contributed by atoms with Gasteiger partial charge < -0.3 is 20.1 Å². The zero-order valence-corrected chi connectivity index (χ0v) is 14.3. The molecule has 0 aliphatic rings. The van der Waals surface area contributed by atoms with E-state index >= 15 is 0 Å². The molecule has 26 heavy (non-hydrogen) atoms. The number of ether oxygens (including phenoxy) is 2. The summed E-state index contributed by atoms with van der Waals surface area (Å²) in [5, 5.41) is 5.11. The van der Waals surface area contributed by atoms with Crippen molar-refractivity contribution in [3.05, 3.63) is 35.7 Å². The molecule has 0 saturated carbocycles. The molecule has 1 aromatic heterocycles. The number of rotatable bonds is 5. The van der Waals surface area contributed by atoms with Gasteiger partial charge in [-0.2, -0.15) is 9.97 Å². The van der Waals surface area contributed by atoms with Crippen molar-refractivity contribution in [3.8, 4) is 11.8 Å². The maximum Gasteiger partial charge on any atom is 0.573 e. The Morgan fingerprint density at radius 2 is 1.65 bits per heavy atom. The number of alkyl halides is 3. The van der Waals surface area contributed by atoms with E-state index in [-0.39, 0.29) is 11.8 Å². The molecule has 10 heteroatoms. The molecule has 0 saturated heterocycles. The smallest absolute Gasteiger partial charge is 0.464 e. The number of aryl methyl sites for hydroxylation is 2. The molecule has 0 aliphatic carbocycles. The molecule has 2 amide bonds. The Labute approximate surface area is 147 Å². The van der Waals surface area contributed by atoms with Crippen LogP contribution in [0.4, 0.5) is 29.3 Å². The van der Waals surface area contributed by atoms with Crippen LogP contribution in [0.1, 0.15) is 18.3 Å². The van der Waals surface area contributed by atoms with Crippen LogP contribution in [0, 0.1) is 13.8 Å². The number of benzene rings is 1. The van der Waals surface area contributed by atoms with Crippen LogP contribution < -0.4 is 20.1 Å². The summed E-state index contributed by atoms with van der Waals surface area (Å²) in [6.45, 7) is 5.60. The second kappa shape index (κ2) is 7.89. The predicted molar refractivity (Wildman–Crippen MR) is 88.4 cm³/mol. The van der Waals surface area contributed by atoms with Crippen LogP contribution in [-0.4, -0.2) is 29.0 Å². The molecule has 2 rings (SSSR count). The summed E-state index contributed by atoms with van der Waals surface area (Å²) < 4.78 is 45.4. The van der Waals surface area contributed by atoms with Crippen molar-refractivity contribution in [2.24, 2.45) is 0 Å². The first-order chi connectivity index (χ1) is 12.2. The number of hydrogen-bond donors (Lipinski definition) is 2. The van der Waals surface area contributed by atoms with Crippen LogP contribution in [-0.2, 0) is 0 Å². The molecule has 0 bridgehead atoms. The van der Waals surface area contributed by atoms with Gasteiger partial charge in [0.05, 0.1) is 23.7 Å². The molecule has 0 spiro atoms. The minimum absolute atomic E-state index is 0.216. The van der Waals surface area contributed by atoms with Gasteiger partial charge in [-0.25, -0.2) is 4.79 Å². The van der Waals surface area contributed by atoms with E-state index in [0.29, 0.717) is 29.4 Å². The molecule has 0 atom stereocenters. The quantitative estimate of drug-likeness (QED) is 0.830. The minimum Gasteiger partial charge on any atom is -0.464 e. The average molecular weight is 370 g/mol. The zero-order valence-electron chi connectivity index (χ0n) is 14.3. The van der Waals surface area contributed by atoms with Crippen LogP contribution in [0.2, 0.25) is 0 Å². The lowest BCUT2D eigenvalue weighted by Gasteiger charge is -2.13. The fourth-order valence-corrected chi connectivity index (χ4v) is 2.08. The Bertz CT molecular complexity index is 756. The highest BCUT2D eigenvalue weighted by molar-refractivity contribution is 6.00. The van der Waals surface area contributed by atoms with Crippen molar-refractivity contribution >= 4 is 17.4 Å². The SMILES string of the molecule is CCOc1nc(C)c(NC(=O)Nc2ccc(OC(F)(F)F)cc2)c(C)n1. The normalized spacial score (nSPS) is 11.0. The molecular formula is C16H17F3N4O3. The van der Waals surface area contributed by atoms with Gasteiger partial charge in [-0.3, -0.25) is 0 Å². The molecule has 0 fully saturated rings. The van der Waals surface area contributed by atoms with Gasteiger partial charge in [0.25, 0.3) is 0 Å². The number of hydrogen-bond acceptors (Lipinski definition) is 5. The summed E-state index contributed by atoms with van der Waals surface area (Å²) in [4.78, 5) is 20.4. The van der Waals surface area contributed by atoms with Crippen LogP contribution in [0.5, 0.6) is 11.8 Å². The molecule has 0 aliphatic heterocycles. The van der Waals surface area contributed by atoms with E-state index in [1.54, 1.807) is 20.8 Å². The number of carbonyl (C=O) groups is 1. The Balaban J connectivity index is 2.03. The number of amides is 2. The van der Waals surface area contributed by atoms with Crippen LogP contribution in [0.3, 0.4) is 0 Å². The highest BCUT2D eigenvalue weighted by Gasteiger charge is 2.30. The fraction of sp³-hybridized carbons (Fsp3) is 0.312. The van der Waals surface area contributed by atoms with Gasteiger partial charge in [0.2, 0.25) is 0 Å². The highest BCUT2D eigenvalue weighted by atomic mass is 19.4. The lowest BCUT2D eigenvalue weighted by molar-refractivity contribution is -0.274. The number of anilines is 2. The third kappa shape index (κ3) is 5.50. The lowest BCUT2D eigenvalue weighted by Crippen LogP contribution is -2.21. The Morgan fingerprint density at radius 1 is 1.08 bits per heavy atom. The topological polar surface area (TPSA) is 85.4 Å². The second-order valence-corrected chi connectivity index (χ2v) is 5.14. The average Bonchev–Trinajstić information content (AvgIpc) is 2.52. The van der Waals surface area contributed by atoms with Gasteiger partial charge in [-0.1, -0.05) is 0 Å². The number of halogens is 3. The standard InChI is InChI=1S/C16H17F3N4O3/c1-4-25-15-20-9(2)13(10(3)21-15)23-14(24)22-11-5-7-12(8-6-11)26-16(17,18)19/h5-8H,4H2,1-3H3,(H2,22,23,24). The van der Waals surface area contributed by atoms with Crippen molar-refractivity contribution in [1.82, 2.24) is 9.97 Å². The third-order valence-electron chi connectivity index (χ3n) is 3.11. The van der Waals surface area contributed by atoms with Crippen molar-refractivity contribution in [3.63, 3.8) is 0 Å². The van der Waals surface area contributed by atoms with Crippen molar-refractivity contribution in [2.75, 3.05) is 17.2 Å². The van der Waals surface area contributed by atoms with Gasteiger partial charge >= 0.3 is 18.4 Å². The van der Waals surface area contributed by atoms with Crippen molar-refractivity contribution in [2.45, 2.75) is 27.1 Å². The van der Waals surface area contributed by atoms with Gasteiger partial charge in [0.1, 0.15) is 5.75 Å². The monoisotopic (exact) mass is 370 g/mol. The third-order valence-corrected chi connectivity index (χ3v) is 3.11. The van der Waals surface area contributed by atoms with Gasteiger partial charge in [-0.15, -0.1) is 13.2 Å². The summed E-state index contributed by atoms with van der Waals surface area (Å²) in [6.07, 6.45) is -4.77. The van der Waals surface area contributed by atoms with Crippen LogP contribution in [0.15, 0.2) is 24.3 Å². The molecule has 1 aromatic carbocycles. The van der Waals surface area contributed by atoms with E-state index < -0.39 is 12.4 Å². The summed E-state index contributed by atoms with van der Waals surface area (Å²) in [5.74, 6) is -0.380. The van der Waals surface area contributed by atoms with E-state index in [2.05, 4.69) is 25.3 Å². The van der Waals surface area contributed by atoms with E-state index in [1.165, 1.54) is 12.1 Å².